The summed E-state index contributed by atoms with van der Waals surface area (Å²) in [4.78, 5) is 0. The molecule has 0 aromatic heterocycles. The van der Waals surface area contributed by atoms with Gasteiger partial charge in [0.15, 0.2) is 0 Å². The van der Waals surface area contributed by atoms with Crippen molar-refractivity contribution in [3.63, 3.8) is 0 Å². The van der Waals surface area contributed by atoms with Crippen LogP contribution in [0.1, 0.15) is 11.1 Å². The van der Waals surface area contributed by atoms with Gasteiger partial charge in [0.1, 0.15) is 5.75 Å². The van der Waals surface area contributed by atoms with Gasteiger partial charge in [-0.15, -0.1) is 0 Å². The topological polar surface area (TPSA) is 9.23 Å². The molecular formula is C14H12F2O. The molecule has 1 nitrogen and oxygen atoms in total. The van der Waals surface area contributed by atoms with E-state index in [-0.39, 0.29) is 5.75 Å². The van der Waals surface area contributed by atoms with E-state index < -0.39 is 6.61 Å². The minimum Gasteiger partial charge on any atom is -0.435 e. The van der Waals surface area contributed by atoms with Crippen molar-refractivity contribution in [2.45, 2.75) is 13.0 Å². The monoisotopic (exact) mass is 234 g/mol. The first kappa shape index (κ1) is 11.6. The Balaban J connectivity index is 2.03. The molecule has 0 amide bonds. The molecule has 0 unspecified atom stereocenters. The van der Waals surface area contributed by atoms with Crippen molar-refractivity contribution in [3.05, 3.63) is 65.7 Å². The molecule has 3 heteroatoms. The summed E-state index contributed by atoms with van der Waals surface area (Å²) in [5, 5.41) is 0. The average molecular weight is 234 g/mol. The number of benzene rings is 2. The fourth-order valence-corrected chi connectivity index (χ4v) is 1.62. The first-order valence-corrected chi connectivity index (χ1v) is 5.32. The highest BCUT2D eigenvalue weighted by atomic mass is 19.3. The Kier molecular flexibility index (Phi) is 3.70. The Morgan fingerprint density at radius 1 is 0.824 bits per heavy atom. The molecule has 2 aromatic rings. The Morgan fingerprint density at radius 2 is 1.41 bits per heavy atom. The van der Waals surface area contributed by atoms with E-state index in [2.05, 4.69) is 4.74 Å². The molecule has 0 aliphatic carbocycles. The molecule has 0 N–H and O–H groups in total. The van der Waals surface area contributed by atoms with Crippen LogP contribution in [0.2, 0.25) is 0 Å². The molecule has 0 aliphatic heterocycles. The zero-order chi connectivity index (χ0) is 12.1. The normalized spacial score (nSPS) is 10.5. The minimum atomic E-state index is -2.77. The number of hydrogen-bond acceptors (Lipinski definition) is 1. The Labute approximate surface area is 98.7 Å². The van der Waals surface area contributed by atoms with Crippen molar-refractivity contribution >= 4 is 0 Å². The lowest BCUT2D eigenvalue weighted by Gasteiger charge is -2.05. The second-order valence-electron chi connectivity index (χ2n) is 3.68. The molecule has 0 radical (unpaired) electrons. The van der Waals surface area contributed by atoms with Gasteiger partial charge in [0.25, 0.3) is 0 Å². The SMILES string of the molecule is FC(F)Oc1ccc(Cc2ccccc2)cc1. The van der Waals surface area contributed by atoms with Crippen molar-refractivity contribution < 1.29 is 13.5 Å². The van der Waals surface area contributed by atoms with E-state index in [1.807, 2.05) is 30.3 Å². The zero-order valence-corrected chi connectivity index (χ0v) is 9.14. The minimum absolute atomic E-state index is 0.191. The first-order valence-electron chi connectivity index (χ1n) is 5.32. The number of halogens is 2. The molecule has 2 aromatic carbocycles. The van der Waals surface area contributed by atoms with Crippen LogP contribution in [0, 0.1) is 0 Å². The van der Waals surface area contributed by atoms with Crippen LogP contribution < -0.4 is 4.74 Å². The van der Waals surface area contributed by atoms with Gasteiger partial charge in [-0.3, -0.25) is 0 Å². The average Bonchev–Trinajstić information content (AvgIpc) is 2.32. The standard InChI is InChI=1S/C14H12F2O/c15-14(16)17-13-8-6-12(7-9-13)10-11-4-2-1-3-5-11/h1-9,14H,10H2. The molecule has 0 atom stereocenters. The first-order chi connectivity index (χ1) is 8.24. The molecule has 0 aliphatic rings. The van der Waals surface area contributed by atoms with E-state index in [0.717, 1.165) is 12.0 Å². The quantitative estimate of drug-likeness (QED) is 0.780. The van der Waals surface area contributed by atoms with Crippen molar-refractivity contribution in [3.8, 4) is 5.75 Å². The summed E-state index contributed by atoms with van der Waals surface area (Å²) in [6.07, 6.45) is 0.787. The van der Waals surface area contributed by atoms with Gasteiger partial charge in [0.05, 0.1) is 0 Å². The second kappa shape index (κ2) is 5.43. The predicted molar refractivity (Wildman–Crippen MR) is 62.3 cm³/mol. The fourth-order valence-electron chi connectivity index (χ4n) is 1.62. The van der Waals surface area contributed by atoms with Crippen molar-refractivity contribution in [1.82, 2.24) is 0 Å². The van der Waals surface area contributed by atoms with Gasteiger partial charge >= 0.3 is 6.61 Å². The largest absolute Gasteiger partial charge is 0.435 e. The van der Waals surface area contributed by atoms with Gasteiger partial charge < -0.3 is 4.74 Å². The third-order valence-corrected chi connectivity index (χ3v) is 2.40. The van der Waals surface area contributed by atoms with Gasteiger partial charge in [-0.2, -0.15) is 8.78 Å². The maximum atomic E-state index is 11.9. The number of rotatable bonds is 4. The lowest BCUT2D eigenvalue weighted by molar-refractivity contribution is -0.0498. The highest BCUT2D eigenvalue weighted by Gasteiger charge is 2.03. The summed E-state index contributed by atoms with van der Waals surface area (Å²) in [6.45, 7) is -2.77. The van der Waals surface area contributed by atoms with Crippen LogP contribution in [0.3, 0.4) is 0 Å². The van der Waals surface area contributed by atoms with E-state index in [9.17, 15) is 8.78 Å². The summed E-state index contributed by atoms with van der Waals surface area (Å²) < 4.78 is 28.2. The third kappa shape index (κ3) is 3.55. The zero-order valence-electron chi connectivity index (χ0n) is 9.14. The molecule has 0 saturated carbocycles. The maximum absolute atomic E-state index is 11.9. The lowest BCUT2D eigenvalue weighted by Crippen LogP contribution is -2.01. The van der Waals surface area contributed by atoms with Crippen LogP contribution >= 0.6 is 0 Å². The summed E-state index contributed by atoms with van der Waals surface area (Å²) in [5.41, 5.74) is 2.26. The van der Waals surface area contributed by atoms with Crippen LogP contribution in [0.5, 0.6) is 5.75 Å². The Hall–Kier alpha value is -1.90. The fraction of sp³-hybridized carbons (Fsp3) is 0.143. The Bertz CT molecular complexity index is 451. The van der Waals surface area contributed by atoms with Crippen LogP contribution in [0.4, 0.5) is 8.78 Å². The molecule has 0 spiro atoms. The van der Waals surface area contributed by atoms with E-state index >= 15 is 0 Å². The van der Waals surface area contributed by atoms with Gasteiger partial charge in [-0.25, -0.2) is 0 Å². The van der Waals surface area contributed by atoms with E-state index in [4.69, 9.17) is 0 Å². The summed E-state index contributed by atoms with van der Waals surface area (Å²) in [7, 11) is 0. The van der Waals surface area contributed by atoms with Crippen molar-refractivity contribution in [2.24, 2.45) is 0 Å². The van der Waals surface area contributed by atoms with Crippen LogP contribution in [-0.2, 0) is 6.42 Å². The maximum Gasteiger partial charge on any atom is 0.387 e. The van der Waals surface area contributed by atoms with Crippen molar-refractivity contribution in [1.29, 1.82) is 0 Å². The van der Waals surface area contributed by atoms with Crippen LogP contribution in [-0.4, -0.2) is 6.61 Å². The number of hydrogen-bond donors (Lipinski definition) is 0. The van der Waals surface area contributed by atoms with Gasteiger partial charge in [0, 0.05) is 0 Å². The van der Waals surface area contributed by atoms with Gasteiger partial charge in [-0.1, -0.05) is 42.5 Å². The second-order valence-corrected chi connectivity index (χ2v) is 3.68. The molecular weight excluding hydrogens is 222 g/mol. The summed E-state index contributed by atoms with van der Waals surface area (Å²) in [5.74, 6) is 0.191. The van der Waals surface area contributed by atoms with E-state index in [0.29, 0.717) is 0 Å². The van der Waals surface area contributed by atoms with Gasteiger partial charge in [0.2, 0.25) is 0 Å². The molecule has 0 bridgehead atoms. The highest BCUT2D eigenvalue weighted by Crippen LogP contribution is 2.16. The summed E-state index contributed by atoms with van der Waals surface area (Å²) in [6, 6.07) is 16.7. The third-order valence-electron chi connectivity index (χ3n) is 2.40. The number of ether oxygens (including phenoxy) is 1. The van der Waals surface area contributed by atoms with E-state index in [1.54, 1.807) is 24.3 Å². The Morgan fingerprint density at radius 3 is 2.00 bits per heavy atom. The molecule has 0 fully saturated rings. The van der Waals surface area contributed by atoms with Crippen LogP contribution in [0.15, 0.2) is 54.6 Å². The molecule has 17 heavy (non-hydrogen) atoms. The highest BCUT2D eigenvalue weighted by molar-refractivity contribution is 5.31. The molecule has 2 rings (SSSR count). The molecule has 88 valence electrons. The molecule has 0 heterocycles. The lowest BCUT2D eigenvalue weighted by atomic mass is 10.1. The van der Waals surface area contributed by atoms with E-state index in [1.165, 1.54) is 5.56 Å². The van der Waals surface area contributed by atoms with Crippen LogP contribution in [0.25, 0.3) is 0 Å². The number of alkyl halides is 2. The summed E-state index contributed by atoms with van der Waals surface area (Å²) >= 11 is 0. The van der Waals surface area contributed by atoms with Gasteiger partial charge in [-0.05, 0) is 29.7 Å². The predicted octanol–water partition coefficient (Wildman–Crippen LogP) is 3.88. The molecule has 0 saturated heterocycles. The van der Waals surface area contributed by atoms with Crippen molar-refractivity contribution in [2.75, 3.05) is 0 Å². The smallest absolute Gasteiger partial charge is 0.387 e.